The first kappa shape index (κ1) is 12.6. The minimum atomic E-state index is 0.477. The SMILES string of the molecule is CCc1ccc(C(C)NCC2(CC)CC2)cc1. The highest BCUT2D eigenvalue weighted by Gasteiger charge is 2.40. The molecule has 1 aliphatic rings. The Morgan fingerprint density at radius 2 is 1.82 bits per heavy atom. The van der Waals surface area contributed by atoms with Gasteiger partial charge in [-0.15, -0.1) is 0 Å². The molecule has 1 atom stereocenters. The molecule has 1 N–H and O–H groups in total. The maximum atomic E-state index is 3.69. The number of rotatable bonds is 6. The Morgan fingerprint density at radius 1 is 1.18 bits per heavy atom. The summed E-state index contributed by atoms with van der Waals surface area (Å²) >= 11 is 0. The molecular weight excluding hydrogens is 206 g/mol. The average Bonchev–Trinajstić information content (AvgIpc) is 3.17. The van der Waals surface area contributed by atoms with Crippen molar-refractivity contribution in [3.8, 4) is 0 Å². The molecule has 0 spiro atoms. The predicted octanol–water partition coefficient (Wildman–Crippen LogP) is 4.09. The summed E-state index contributed by atoms with van der Waals surface area (Å²) in [6.45, 7) is 7.97. The van der Waals surface area contributed by atoms with E-state index in [0.717, 1.165) is 6.42 Å². The third kappa shape index (κ3) is 3.10. The van der Waals surface area contributed by atoms with Crippen LogP contribution in [-0.2, 0) is 6.42 Å². The lowest BCUT2D eigenvalue weighted by atomic mass is 10.0. The molecule has 0 aliphatic heterocycles. The Kier molecular flexibility index (Phi) is 3.88. The summed E-state index contributed by atoms with van der Waals surface area (Å²) in [5.41, 5.74) is 3.47. The Balaban J connectivity index is 1.88. The molecular formula is C16H25N. The van der Waals surface area contributed by atoms with Crippen LogP contribution in [0.2, 0.25) is 0 Å². The Bertz CT molecular complexity index is 348. The first-order chi connectivity index (χ1) is 8.19. The number of hydrogen-bond donors (Lipinski definition) is 1. The van der Waals surface area contributed by atoms with E-state index in [4.69, 9.17) is 0 Å². The molecule has 1 aliphatic carbocycles. The van der Waals surface area contributed by atoms with Crippen LogP contribution in [0.3, 0.4) is 0 Å². The molecule has 17 heavy (non-hydrogen) atoms. The van der Waals surface area contributed by atoms with Gasteiger partial charge in [0.25, 0.3) is 0 Å². The largest absolute Gasteiger partial charge is 0.310 e. The molecule has 1 fully saturated rings. The van der Waals surface area contributed by atoms with E-state index in [1.54, 1.807) is 0 Å². The minimum Gasteiger partial charge on any atom is -0.310 e. The summed E-state index contributed by atoms with van der Waals surface area (Å²) in [5, 5.41) is 3.69. The van der Waals surface area contributed by atoms with Gasteiger partial charge in [-0.3, -0.25) is 0 Å². The van der Waals surface area contributed by atoms with E-state index in [0.29, 0.717) is 11.5 Å². The van der Waals surface area contributed by atoms with Crippen LogP contribution in [0.15, 0.2) is 24.3 Å². The molecule has 1 unspecified atom stereocenters. The third-order valence-corrected chi connectivity index (χ3v) is 4.38. The molecule has 0 radical (unpaired) electrons. The summed E-state index contributed by atoms with van der Waals surface area (Å²) in [7, 11) is 0. The smallest absolute Gasteiger partial charge is 0.0292 e. The van der Waals surface area contributed by atoms with Gasteiger partial charge in [0.1, 0.15) is 0 Å². The van der Waals surface area contributed by atoms with Crippen LogP contribution in [0, 0.1) is 5.41 Å². The van der Waals surface area contributed by atoms with E-state index in [9.17, 15) is 0 Å². The van der Waals surface area contributed by atoms with Crippen molar-refractivity contribution in [1.29, 1.82) is 0 Å². The summed E-state index contributed by atoms with van der Waals surface area (Å²) in [4.78, 5) is 0. The van der Waals surface area contributed by atoms with Crippen molar-refractivity contribution in [3.63, 3.8) is 0 Å². The second-order valence-corrected chi connectivity index (χ2v) is 5.55. The monoisotopic (exact) mass is 231 g/mol. The molecule has 1 aromatic carbocycles. The fourth-order valence-corrected chi connectivity index (χ4v) is 2.36. The van der Waals surface area contributed by atoms with Gasteiger partial charge in [-0.2, -0.15) is 0 Å². The zero-order chi connectivity index (χ0) is 12.3. The molecule has 0 amide bonds. The van der Waals surface area contributed by atoms with Crippen LogP contribution in [0.25, 0.3) is 0 Å². The lowest BCUT2D eigenvalue weighted by Crippen LogP contribution is -2.26. The Morgan fingerprint density at radius 3 is 2.29 bits per heavy atom. The highest BCUT2D eigenvalue weighted by atomic mass is 14.9. The van der Waals surface area contributed by atoms with Crippen molar-refractivity contribution in [2.24, 2.45) is 5.41 Å². The quantitative estimate of drug-likeness (QED) is 0.777. The molecule has 1 heteroatoms. The topological polar surface area (TPSA) is 12.0 Å². The van der Waals surface area contributed by atoms with Crippen LogP contribution in [0.5, 0.6) is 0 Å². The van der Waals surface area contributed by atoms with Crippen molar-refractivity contribution in [2.45, 2.75) is 52.5 Å². The van der Waals surface area contributed by atoms with Gasteiger partial charge < -0.3 is 5.32 Å². The van der Waals surface area contributed by atoms with Crippen molar-refractivity contribution < 1.29 is 0 Å². The lowest BCUT2D eigenvalue weighted by molar-refractivity contribution is 0.415. The fraction of sp³-hybridized carbons (Fsp3) is 0.625. The average molecular weight is 231 g/mol. The molecule has 1 aromatic rings. The van der Waals surface area contributed by atoms with Gasteiger partial charge in [0.2, 0.25) is 0 Å². The highest BCUT2D eigenvalue weighted by molar-refractivity contribution is 5.24. The molecule has 0 saturated heterocycles. The van der Waals surface area contributed by atoms with E-state index < -0.39 is 0 Å². The number of hydrogen-bond acceptors (Lipinski definition) is 1. The van der Waals surface area contributed by atoms with Crippen LogP contribution in [-0.4, -0.2) is 6.54 Å². The fourth-order valence-electron chi connectivity index (χ4n) is 2.36. The van der Waals surface area contributed by atoms with Gasteiger partial charge in [-0.05, 0) is 49.1 Å². The van der Waals surface area contributed by atoms with Crippen LogP contribution in [0.1, 0.15) is 57.2 Å². The van der Waals surface area contributed by atoms with Crippen LogP contribution in [0.4, 0.5) is 0 Å². The van der Waals surface area contributed by atoms with E-state index in [1.165, 1.54) is 36.9 Å². The highest BCUT2D eigenvalue weighted by Crippen LogP contribution is 2.48. The maximum Gasteiger partial charge on any atom is 0.0292 e. The van der Waals surface area contributed by atoms with Crippen molar-refractivity contribution in [3.05, 3.63) is 35.4 Å². The van der Waals surface area contributed by atoms with Gasteiger partial charge in [-0.1, -0.05) is 38.1 Å². The van der Waals surface area contributed by atoms with Gasteiger partial charge in [-0.25, -0.2) is 0 Å². The Labute approximate surface area is 106 Å². The van der Waals surface area contributed by atoms with Crippen molar-refractivity contribution in [2.75, 3.05) is 6.54 Å². The lowest BCUT2D eigenvalue weighted by Gasteiger charge is -2.19. The summed E-state index contributed by atoms with van der Waals surface area (Å²) in [6.07, 6.45) is 5.28. The van der Waals surface area contributed by atoms with Crippen LogP contribution < -0.4 is 5.32 Å². The Hall–Kier alpha value is -0.820. The zero-order valence-corrected chi connectivity index (χ0v) is 11.4. The van der Waals surface area contributed by atoms with Gasteiger partial charge >= 0.3 is 0 Å². The zero-order valence-electron chi connectivity index (χ0n) is 11.4. The summed E-state index contributed by atoms with van der Waals surface area (Å²) < 4.78 is 0. The van der Waals surface area contributed by atoms with Crippen molar-refractivity contribution >= 4 is 0 Å². The number of nitrogens with one attached hydrogen (secondary N) is 1. The molecule has 0 bridgehead atoms. The first-order valence-electron chi connectivity index (χ1n) is 7.01. The second-order valence-electron chi connectivity index (χ2n) is 5.55. The van der Waals surface area contributed by atoms with Gasteiger partial charge in [0.05, 0.1) is 0 Å². The van der Waals surface area contributed by atoms with Crippen molar-refractivity contribution in [1.82, 2.24) is 5.32 Å². The molecule has 2 rings (SSSR count). The predicted molar refractivity (Wildman–Crippen MR) is 74.2 cm³/mol. The second kappa shape index (κ2) is 5.22. The minimum absolute atomic E-state index is 0.477. The van der Waals surface area contributed by atoms with Crippen LogP contribution >= 0.6 is 0 Å². The van der Waals surface area contributed by atoms with E-state index in [1.807, 2.05) is 0 Å². The van der Waals surface area contributed by atoms with Gasteiger partial charge in [0, 0.05) is 12.6 Å². The molecule has 1 saturated carbocycles. The normalized spacial score (nSPS) is 19.0. The number of aryl methyl sites for hydroxylation is 1. The summed E-state index contributed by atoms with van der Waals surface area (Å²) in [6, 6.07) is 9.51. The van der Waals surface area contributed by atoms with E-state index in [-0.39, 0.29) is 0 Å². The van der Waals surface area contributed by atoms with E-state index >= 15 is 0 Å². The number of benzene rings is 1. The standard InChI is InChI=1S/C16H25N/c1-4-14-6-8-15(9-7-14)13(3)17-12-16(5-2)10-11-16/h6-9,13,17H,4-5,10-12H2,1-3H3. The maximum absolute atomic E-state index is 3.69. The third-order valence-electron chi connectivity index (χ3n) is 4.38. The molecule has 1 nitrogen and oxygen atoms in total. The summed E-state index contributed by atoms with van der Waals surface area (Å²) in [5.74, 6) is 0. The molecule has 0 aromatic heterocycles. The molecule has 0 heterocycles. The molecule has 94 valence electrons. The van der Waals surface area contributed by atoms with Gasteiger partial charge in [0.15, 0.2) is 0 Å². The van der Waals surface area contributed by atoms with E-state index in [2.05, 4.69) is 50.4 Å². The first-order valence-corrected chi connectivity index (χ1v) is 7.01.